The van der Waals surface area contributed by atoms with Crippen LogP contribution in [0.5, 0.6) is 0 Å². The smallest absolute Gasteiger partial charge is 0.303 e. The van der Waals surface area contributed by atoms with Crippen molar-refractivity contribution in [3.8, 4) is 0 Å². The monoisotopic (exact) mass is 246 g/mol. The van der Waals surface area contributed by atoms with Crippen LogP contribution in [-0.4, -0.2) is 22.9 Å². The van der Waals surface area contributed by atoms with Crippen LogP contribution in [-0.2, 0) is 14.4 Å². The SMILES string of the molecule is CC(CCCCC(=O)O)(C(=O)NN)C(=O)NN. The van der Waals surface area contributed by atoms with Gasteiger partial charge < -0.3 is 5.11 Å². The number of carbonyl (C=O) groups excluding carboxylic acids is 2. The summed E-state index contributed by atoms with van der Waals surface area (Å²) in [6.45, 7) is 1.40. The summed E-state index contributed by atoms with van der Waals surface area (Å²) in [6, 6.07) is 0. The van der Waals surface area contributed by atoms with Gasteiger partial charge in [0.05, 0.1) is 0 Å². The Kier molecular flexibility index (Phi) is 6.15. The number of hydrogen-bond donors (Lipinski definition) is 5. The number of carboxylic acid groups (broad SMARTS) is 1. The van der Waals surface area contributed by atoms with Crippen LogP contribution in [0.2, 0.25) is 0 Å². The van der Waals surface area contributed by atoms with E-state index < -0.39 is 23.2 Å². The Morgan fingerprint density at radius 1 is 1.12 bits per heavy atom. The molecule has 0 saturated carbocycles. The summed E-state index contributed by atoms with van der Waals surface area (Å²) in [5.41, 5.74) is 2.41. The van der Waals surface area contributed by atoms with Gasteiger partial charge in [-0.1, -0.05) is 6.42 Å². The van der Waals surface area contributed by atoms with Gasteiger partial charge in [0.25, 0.3) is 0 Å². The highest BCUT2D eigenvalue weighted by molar-refractivity contribution is 6.04. The number of carbonyl (C=O) groups is 3. The van der Waals surface area contributed by atoms with Gasteiger partial charge in [-0.05, 0) is 19.8 Å². The van der Waals surface area contributed by atoms with Gasteiger partial charge in [-0.25, -0.2) is 11.7 Å². The van der Waals surface area contributed by atoms with Crippen molar-refractivity contribution in [2.24, 2.45) is 17.1 Å². The molecule has 0 aliphatic carbocycles. The average Bonchev–Trinajstić information content (AvgIpc) is 2.31. The molecule has 0 spiro atoms. The zero-order chi connectivity index (χ0) is 13.5. The second-order valence-corrected chi connectivity index (χ2v) is 3.88. The number of hydrogen-bond acceptors (Lipinski definition) is 5. The molecule has 0 aromatic carbocycles. The zero-order valence-corrected chi connectivity index (χ0v) is 9.66. The van der Waals surface area contributed by atoms with E-state index in [0.29, 0.717) is 12.8 Å². The van der Waals surface area contributed by atoms with Gasteiger partial charge in [0, 0.05) is 6.42 Å². The van der Waals surface area contributed by atoms with Crippen LogP contribution in [0.25, 0.3) is 0 Å². The van der Waals surface area contributed by atoms with E-state index in [1.165, 1.54) is 6.92 Å². The Hall–Kier alpha value is -1.67. The largest absolute Gasteiger partial charge is 0.481 e. The summed E-state index contributed by atoms with van der Waals surface area (Å²) < 4.78 is 0. The Morgan fingerprint density at radius 3 is 1.94 bits per heavy atom. The molecule has 0 atom stereocenters. The number of amides is 2. The number of hydrazine groups is 2. The maximum atomic E-state index is 11.5. The summed E-state index contributed by atoms with van der Waals surface area (Å²) in [4.78, 5) is 33.3. The van der Waals surface area contributed by atoms with Gasteiger partial charge in [0.15, 0.2) is 0 Å². The third-order valence-corrected chi connectivity index (χ3v) is 2.58. The third-order valence-electron chi connectivity index (χ3n) is 2.58. The van der Waals surface area contributed by atoms with Crippen molar-refractivity contribution in [1.82, 2.24) is 10.9 Å². The molecule has 0 fully saturated rings. The van der Waals surface area contributed by atoms with Crippen molar-refractivity contribution in [2.75, 3.05) is 0 Å². The lowest BCUT2D eigenvalue weighted by atomic mass is 9.83. The molecule has 0 saturated heterocycles. The first-order valence-electron chi connectivity index (χ1n) is 5.12. The normalized spacial score (nSPS) is 10.8. The summed E-state index contributed by atoms with van der Waals surface area (Å²) >= 11 is 0. The fraction of sp³-hybridized carbons (Fsp3) is 0.667. The van der Waals surface area contributed by atoms with Gasteiger partial charge in [-0.3, -0.25) is 25.2 Å². The van der Waals surface area contributed by atoms with Gasteiger partial charge in [-0.2, -0.15) is 0 Å². The highest BCUT2D eigenvalue weighted by Crippen LogP contribution is 2.24. The minimum absolute atomic E-state index is 0.00936. The van der Waals surface area contributed by atoms with Crippen LogP contribution in [0, 0.1) is 5.41 Å². The predicted molar refractivity (Wildman–Crippen MR) is 58.9 cm³/mol. The molecule has 2 amide bonds. The van der Waals surface area contributed by atoms with Crippen molar-refractivity contribution in [3.63, 3.8) is 0 Å². The number of carboxylic acids is 1. The van der Waals surface area contributed by atoms with Crippen LogP contribution in [0.4, 0.5) is 0 Å². The first kappa shape index (κ1) is 15.3. The molecule has 17 heavy (non-hydrogen) atoms. The highest BCUT2D eigenvalue weighted by Gasteiger charge is 2.39. The van der Waals surface area contributed by atoms with Crippen molar-refractivity contribution in [2.45, 2.75) is 32.6 Å². The number of unbranched alkanes of at least 4 members (excludes halogenated alkanes) is 1. The molecule has 0 unspecified atom stereocenters. The van der Waals surface area contributed by atoms with Gasteiger partial charge in [0.2, 0.25) is 11.8 Å². The molecule has 0 aliphatic rings. The number of rotatable bonds is 7. The Bertz CT molecular complexity index is 289. The van der Waals surface area contributed by atoms with E-state index in [-0.39, 0.29) is 12.8 Å². The van der Waals surface area contributed by atoms with Crippen LogP contribution in [0.3, 0.4) is 0 Å². The fourth-order valence-electron chi connectivity index (χ4n) is 1.40. The molecule has 8 nitrogen and oxygen atoms in total. The quantitative estimate of drug-likeness (QED) is 0.123. The van der Waals surface area contributed by atoms with Crippen LogP contribution in [0.1, 0.15) is 32.6 Å². The highest BCUT2D eigenvalue weighted by atomic mass is 16.4. The van der Waals surface area contributed by atoms with Crippen molar-refractivity contribution >= 4 is 17.8 Å². The molecular weight excluding hydrogens is 228 g/mol. The Balaban J connectivity index is 4.45. The number of aliphatic carboxylic acids is 1. The molecule has 98 valence electrons. The molecule has 0 rings (SSSR count). The zero-order valence-electron chi connectivity index (χ0n) is 9.66. The molecule has 0 heterocycles. The van der Waals surface area contributed by atoms with E-state index in [1.54, 1.807) is 0 Å². The number of nitrogens with two attached hydrogens (primary N) is 2. The lowest BCUT2D eigenvalue weighted by molar-refractivity contribution is -0.143. The fourth-order valence-corrected chi connectivity index (χ4v) is 1.40. The molecule has 7 N–H and O–H groups in total. The predicted octanol–water partition coefficient (Wildman–Crippen LogP) is -1.38. The maximum Gasteiger partial charge on any atom is 0.303 e. The summed E-state index contributed by atoms with van der Waals surface area (Å²) in [5, 5.41) is 8.46. The molecule has 8 heteroatoms. The van der Waals surface area contributed by atoms with E-state index in [0.717, 1.165) is 0 Å². The average molecular weight is 246 g/mol. The Morgan fingerprint density at radius 2 is 1.59 bits per heavy atom. The molecule has 0 aromatic heterocycles. The van der Waals surface area contributed by atoms with Crippen LogP contribution in [0.15, 0.2) is 0 Å². The molecule has 0 aliphatic heterocycles. The second kappa shape index (κ2) is 6.81. The van der Waals surface area contributed by atoms with Crippen molar-refractivity contribution in [1.29, 1.82) is 0 Å². The molecule has 0 radical (unpaired) electrons. The van der Waals surface area contributed by atoms with Gasteiger partial charge >= 0.3 is 5.97 Å². The maximum absolute atomic E-state index is 11.5. The first-order valence-corrected chi connectivity index (χ1v) is 5.12. The topological polar surface area (TPSA) is 148 Å². The minimum Gasteiger partial charge on any atom is -0.481 e. The van der Waals surface area contributed by atoms with E-state index in [4.69, 9.17) is 16.8 Å². The lowest BCUT2D eigenvalue weighted by Crippen LogP contribution is -2.53. The number of nitrogens with one attached hydrogen (secondary N) is 2. The molecular formula is C9H18N4O4. The first-order chi connectivity index (χ1) is 7.88. The third kappa shape index (κ3) is 4.37. The van der Waals surface area contributed by atoms with E-state index in [1.807, 2.05) is 10.9 Å². The summed E-state index contributed by atoms with van der Waals surface area (Å²) in [7, 11) is 0. The summed E-state index contributed by atoms with van der Waals surface area (Å²) in [6.07, 6.45) is 0.946. The molecule has 0 bridgehead atoms. The van der Waals surface area contributed by atoms with E-state index >= 15 is 0 Å². The van der Waals surface area contributed by atoms with Crippen molar-refractivity contribution in [3.05, 3.63) is 0 Å². The van der Waals surface area contributed by atoms with Crippen molar-refractivity contribution < 1.29 is 19.5 Å². The van der Waals surface area contributed by atoms with Crippen LogP contribution < -0.4 is 22.5 Å². The van der Waals surface area contributed by atoms with Gasteiger partial charge in [0.1, 0.15) is 5.41 Å². The van der Waals surface area contributed by atoms with E-state index in [2.05, 4.69) is 0 Å². The van der Waals surface area contributed by atoms with E-state index in [9.17, 15) is 14.4 Å². The standard InChI is InChI=1S/C9H18N4O4/c1-9(7(16)12-10,8(17)13-11)5-3-2-4-6(14)15/h2-5,10-11H2,1H3,(H,12,16)(H,13,17)(H,14,15). The van der Waals surface area contributed by atoms with Gasteiger partial charge in [-0.15, -0.1) is 0 Å². The summed E-state index contributed by atoms with van der Waals surface area (Å²) in [5.74, 6) is 7.75. The second-order valence-electron chi connectivity index (χ2n) is 3.88. The minimum atomic E-state index is -1.39. The lowest BCUT2D eigenvalue weighted by Gasteiger charge is -2.24. The van der Waals surface area contributed by atoms with Crippen LogP contribution >= 0.6 is 0 Å². The Labute approximate surface area is 98.7 Å². The molecule has 0 aromatic rings.